The zero-order chi connectivity index (χ0) is 29.1. The van der Waals surface area contributed by atoms with E-state index in [-0.39, 0.29) is 11.5 Å². The molecule has 4 aromatic rings. The fourth-order valence-electron chi connectivity index (χ4n) is 6.36. The van der Waals surface area contributed by atoms with Crippen LogP contribution >= 0.6 is 0 Å². The van der Waals surface area contributed by atoms with E-state index in [0.717, 1.165) is 70.2 Å². The average molecular weight is 535 g/mol. The zero-order valence-electron chi connectivity index (χ0n) is 25.8. The third-order valence-corrected chi connectivity index (χ3v) is 9.04. The van der Waals surface area contributed by atoms with Crippen LogP contribution < -0.4 is 0 Å². The number of aromatic hydroxyl groups is 2. The highest BCUT2D eigenvalue weighted by Gasteiger charge is 2.24. The van der Waals surface area contributed by atoms with Crippen LogP contribution in [0, 0.1) is 27.7 Å². The molecule has 210 valence electrons. The van der Waals surface area contributed by atoms with Crippen LogP contribution in [0.5, 0.6) is 11.5 Å². The Morgan fingerprint density at radius 1 is 0.475 bits per heavy atom. The van der Waals surface area contributed by atoms with Crippen LogP contribution in [0.15, 0.2) is 48.5 Å². The van der Waals surface area contributed by atoms with Crippen molar-refractivity contribution in [1.29, 1.82) is 0 Å². The predicted octanol–water partition coefficient (Wildman–Crippen LogP) is 9.43. The standard InChI is InChI=1S/C38H46O2/c1-9-27-15-13-16-28(10-2)33(27)21-31-19-23(5)25(7)35(37(31)39)36-26(8)24(6)20-32(38(36)40)22-34-29(11-3)17-14-18-30(34)12-4/h13-20,39-40H,9-12,21-22H2,1-8H3. The van der Waals surface area contributed by atoms with Crippen molar-refractivity contribution in [2.75, 3.05) is 0 Å². The lowest BCUT2D eigenvalue weighted by Crippen LogP contribution is -2.04. The Morgan fingerprint density at radius 2 is 0.775 bits per heavy atom. The number of benzene rings is 4. The molecule has 2 nitrogen and oxygen atoms in total. The van der Waals surface area contributed by atoms with Crippen molar-refractivity contribution in [2.24, 2.45) is 0 Å². The van der Waals surface area contributed by atoms with Gasteiger partial charge in [0.2, 0.25) is 0 Å². The molecular weight excluding hydrogens is 488 g/mol. The van der Waals surface area contributed by atoms with Crippen LogP contribution in [0.3, 0.4) is 0 Å². The molecule has 2 heteroatoms. The molecule has 4 rings (SSSR count). The molecule has 0 aliphatic heterocycles. The lowest BCUT2D eigenvalue weighted by Gasteiger charge is -2.23. The van der Waals surface area contributed by atoms with Crippen molar-refractivity contribution < 1.29 is 10.2 Å². The summed E-state index contributed by atoms with van der Waals surface area (Å²) in [5.74, 6) is 0.573. The Hall–Kier alpha value is -3.52. The molecular formula is C38H46O2. The topological polar surface area (TPSA) is 40.5 Å². The summed E-state index contributed by atoms with van der Waals surface area (Å²) in [6.45, 7) is 17.1. The van der Waals surface area contributed by atoms with E-state index in [4.69, 9.17) is 0 Å². The van der Waals surface area contributed by atoms with Crippen LogP contribution in [0.4, 0.5) is 0 Å². The summed E-state index contributed by atoms with van der Waals surface area (Å²) in [5.41, 5.74) is 15.6. The second-order valence-electron chi connectivity index (χ2n) is 11.3. The second kappa shape index (κ2) is 12.3. The van der Waals surface area contributed by atoms with Crippen molar-refractivity contribution in [1.82, 2.24) is 0 Å². The number of phenols is 2. The number of hydrogen-bond donors (Lipinski definition) is 2. The van der Waals surface area contributed by atoms with Gasteiger partial charge in [0.15, 0.2) is 0 Å². The number of aryl methyl sites for hydroxylation is 6. The maximum atomic E-state index is 11.9. The largest absolute Gasteiger partial charge is 0.507 e. The van der Waals surface area contributed by atoms with Gasteiger partial charge in [0.05, 0.1) is 0 Å². The Morgan fingerprint density at radius 3 is 1.05 bits per heavy atom. The highest BCUT2D eigenvalue weighted by molar-refractivity contribution is 5.84. The van der Waals surface area contributed by atoms with Gasteiger partial charge in [-0.05, 0) is 120 Å². The molecule has 0 fully saturated rings. The fourth-order valence-corrected chi connectivity index (χ4v) is 6.36. The molecule has 0 heterocycles. The molecule has 4 aromatic carbocycles. The van der Waals surface area contributed by atoms with Gasteiger partial charge in [-0.3, -0.25) is 0 Å². The minimum Gasteiger partial charge on any atom is -0.507 e. The van der Waals surface area contributed by atoms with Crippen LogP contribution in [-0.4, -0.2) is 10.2 Å². The van der Waals surface area contributed by atoms with Crippen LogP contribution in [0.2, 0.25) is 0 Å². The molecule has 40 heavy (non-hydrogen) atoms. The van der Waals surface area contributed by atoms with Crippen molar-refractivity contribution >= 4 is 0 Å². The van der Waals surface area contributed by atoms with Gasteiger partial charge in [0.25, 0.3) is 0 Å². The van der Waals surface area contributed by atoms with Gasteiger partial charge >= 0.3 is 0 Å². The summed E-state index contributed by atoms with van der Waals surface area (Å²) in [4.78, 5) is 0. The lowest BCUT2D eigenvalue weighted by atomic mass is 9.83. The minimum atomic E-state index is 0.286. The minimum absolute atomic E-state index is 0.286. The zero-order valence-corrected chi connectivity index (χ0v) is 25.8. The van der Waals surface area contributed by atoms with Crippen LogP contribution in [0.25, 0.3) is 11.1 Å². The molecule has 0 saturated heterocycles. The summed E-state index contributed by atoms with van der Waals surface area (Å²) in [7, 11) is 0. The van der Waals surface area contributed by atoms with Gasteiger partial charge in [-0.1, -0.05) is 76.2 Å². The monoisotopic (exact) mass is 534 g/mol. The van der Waals surface area contributed by atoms with Crippen LogP contribution in [0.1, 0.15) is 94.5 Å². The first-order chi connectivity index (χ1) is 19.2. The van der Waals surface area contributed by atoms with Gasteiger partial charge in [-0.2, -0.15) is 0 Å². The first kappa shape index (κ1) is 29.5. The third-order valence-electron chi connectivity index (χ3n) is 9.04. The van der Waals surface area contributed by atoms with E-state index in [1.807, 2.05) is 0 Å². The normalized spacial score (nSPS) is 11.3. The van der Waals surface area contributed by atoms with Gasteiger partial charge in [-0.25, -0.2) is 0 Å². The quantitative estimate of drug-likeness (QED) is 0.224. The van der Waals surface area contributed by atoms with Crippen molar-refractivity contribution in [2.45, 2.75) is 93.9 Å². The molecule has 0 atom stereocenters. The number of hydrogen-bond acceptors (Lipinski definition) is 2. The van der Waals surface area contributed by atoms with Crippen molar-refractivity contribution in [3.63, 3.8) is 0 Å². The fraction of sp³-hybridized carbons (Fsp3) is 0.368. The molecule has 0 aliphatic rings. The molecule has 0 bridgehead atoms. The molecule has 0 aromatic heterocycles. The van der Waals surface area contributed by atoms with Crippen molar-refractivity contribution in [3.05, 3.63) is 115 Å². The second-order valence-corrected chi connectivity index (χ2v) is 11.3. The Bertz CT molecular complexity index is 1380. The summed E-state index contributed by atoms with van der Waals surface area (Å²) < 4.78 is 0. The molecule has 0 radical (unpaired) electrons. The van der Waals surface area contributed by atoms with Gasteiger partial charge in [0, 0.05) is 24.0 Å². The molecule has 0 aliphatic carbocycles. The van der Waals surface area contributed by atoms with Gasteiger partial charge < -0.3 is 10.2 Å². The van der Waals surface area contributed by atoms with E-state index < -0.39 is 0 Å². The van der Waals surface area contributed by atoms with E-state index in [1.54, 1.807) is 0 Å². The average Bonchev–Trinajstić information content (AvgIpc) is 2.96. The predicted molar refractivity (Wildman–Crippen MR) is 170 cm³/mol. The lowest BCUT2D eigenvalue weighted by molar-refractivity contribution is 0.462. The van der Waals surface area contributed by atoms with E-state index in [1.165, 1.54) is 33.4 Å². The van der Waals surface area contributed by atoms with Gasteiger partial charge in [-0.15, -0.1) is 0 Å². The summed E-state index contributed by atoms with van der Waals surface area (Å²) in [6, 6.07) is 17.4. The van der Waals surface area contributed by atoms with E-state index in [9.17, 15) is 10.2 Å². The summed E-state index contributed by atoms with van der Waals surface area (Å²) >= 11 is 0. The Labute approximate surface area is 241 Å². The smallest absolute Gasteiger partial charge is 0.127 e. The SMILES string of the molecule is CCc1cccc(CC)c1Cc1cc(C)c(C)c(-c2c(C)c(C)cc(Cc3c(CC)cccc3CC)c2O)c1O. The summed E-state index contributed by atoms with van der Waals surface area (Å²) in [5, 5.41) is 23.8. The molecule has 2 N–H and O–H groups in total. The first-order valence-electron chi connectivity index (χ1n) is 15.0. The third kappa shape index (κ3) is 5.42. The maximum Gasteiger partial charge on any atom is 0.127 e. The highest BCUT2D eigenvalue weighted by atomic mass is 16.3. The molecule has 0 spiro atoms. The highest BCUT2D eigenvalue weighted by Crippen LogP contribution is 2.46. The summed E-state index contributed by atoms with van der Waals surface area (Å²) in [6.07, 6.45) is 5.19. The number of rotatable bonds is 9. The van der Waals surface area contributed by atoms with Crippen LogP contribution in [-0.2, 0) is 38.5 Å². The Kier molecular flexibility index (Phi) is 9.08. The van der Waals surface area contributed by atoms with E-state index >= 15 is 0 Å². The first-order valence-corrected chi connectivity index (χ1v) is 15.0. The van der Waals surface area contributed by atoms with E-state index in [2.05, 4.69) is 104 Å². The van der Waals surface area contributed by atoms with E-state index in [0.29, 0.717) is 12.8 Å². The molecule has 0 unspecified atom stereocenters. The Balaban J connectivity index is 1.92. The maximum absolute atomic E-state index is 11.9. The van der Waals surface area contributed by atoms with Crippen molar-refractivity contribution in [3.8, 4) is 22.6 Å². The molecule has 0 amide bonds. The number of phenolic OH excluding ortho intramolecular Hbond substituents is 2. The van der Waals surface area contributed by atoms with Gasteiger partial charge in [0.1, 0.15) is 11.5 Å². The molecule has 0 saturated carbocycles.